The summed E-state index contributed by atoms with van der Waals surface area (Å²) < 4.78 is 21.5. The Bertz CT molecular complexity index is 274. The summed E-state index contributed by atoms with van der Waals surface area (Å²) in [6.45, 7) is 13.0. The molecule has 0 atom stereocenters. The first kappa shape index (κ1) is 21.4. The molecular weight excluding hydrogens is 282 g/mol. The van der Waals surface area contributed by atoms with Crippen molar-refractivity contribution < 1.29 is 18.9 Å². The first-order valence-electron chi connectivity index (χ1n) is 8.27. The molecule has 130 valence electrons. The molecule has 0 unspecified atom stereocenters. The molecule has 0 bridgehead atoms. The van der Waals surface area contributed by atoms with Crippen LogP contribution in [-0.2, 0) is 18.9 Å². The largest absolute Gasteiger partial charge is 0.378 e. The van der Waals surface area contributed by atoms with Crippen molar-refractivity contribution in [3.05, 3.63) is 0 Å². The minimum Gasteiger partial charge on any atom is -0.378 e. The van der Waals surface area contributed by atoms with Crippen molar-refractivity contribution in [3.8, 4) is 11.8 Å². The molecule has 5 heteroatoms. The molecule has 0 aliphatic rings. The quantitative estimate of drug-likeness (QED) is 0.368. The van der Waals surface area contributed by atoms with E-state index in [1.54, 1.807) is 0 Å². The predicted molar refractivity (Wildman–Crippen MR) is 89.1 cm³/mol. The SMILES string of the molecule is CCCNCCOCCOCCOCCOCC#CC(C)C. The zero-order valence-electron chi connectivity index (χ0n) is 14.5. The van der Waals surface area contributed by atoms with Crippen LogP contribution in [0.2, 0.25) is 0 Å². The van der Waals surface area contributed by atoms with E-state index in [2.05, 4.69) is 37.9 Å². The summed E-state index contributed by atoms with van der Waals surface area (Å²) in [5.41, 5.74) is 0. The lowest BCUT2D eigenvalue weighted by Crippen LogP contribution is -2.21. The number of hydrogen-bond donors (Lipinski definition) is 1. The summed E-state index contributed by atoms with van der Waals surface area (Å²) in [6, 6.07) is 0. The summed E-state index contributed by atoms with van der Waals surface area (Å²) in [5.74, 6) is 6.40. The topological polar surface area (TPSA) is 49.0 Å². The summed E-state index contributed by atoms with van der Waals surface area (Å²) in [5, 5.41) is 3.28. The maximum atomic E-state index is 5.42. The Morgan fingerprint density at radius 3 is 1.86 bits per heavy atom. The second-order valence-corrected chi connectivity index (χ2v) is 5.12. The lowest BCUT2D eigenvalue weighted by Gasteiger charge is -2.07. The van der Waals surface area contributed by atoms with Crippen LogP contribution in [0.1, 0.15) is 27.2 Å². The van der Waals surface area contributed by atoms with Crippen LogP contribution >= 0.6 is 0 Å². The van der Waals surface area contributed by atoms with Crippen LogP contribution in [0.25, 0.3) is 0 Å². The van der Waals surface area contributed by atoms with Gasteiger partial charge in [0.05, 0.1) is 46.2 Å². The molecule has 0 aromatic rings. The summed E-state index contributed by atoms with van der Waals surface area (Å²) >= 11 is 0. The van der Waals surface area contributed by atoms with Crippen molar-refractivity contribution >= 4 is 0 Å². The van der Waals surface area contributed by atoms with Crippen molar-refractivity contribution in [2.75, 3.05) is 65.9 Å². The number of nitrogens with one attached hydrogen (secondary N) is 1. The molecule has 0 aliphatic carbocycles. The molecule has 0 fully saturated rings. The van der Waals surface area contributed by atoms with Crippen molar-refractivity contribution in [1.82, 2.24) is 5.32 Å². The molecule has 0 aromatic carbocycles. The summed E-state index contributed by atoms with van der Waals surface area (Å²) in [6.07, 6.45) is 1.15. The molecule has 0 heterocycles. The zero-order chi connectivity index (χ0) is 16.3. The maximum Gasteiger partial charge on any atom is 0.107 e. The van der Waals surface area contributed by atoms with Crippen LogP contribution < -0.4 is 5.32 Å². The second-order valence-electron chi connectivity index (χ2n) is 5.12. The molecule has 0 rings (SSSR count). The monoisotopic (exact) mass is 315 g/mol. The van der Waals surface area contributed by atoms with E-state index in [1.165, 1.54) is 0 Å². The van der Waals surface area contributed by atoms with Crippen molar-refractivity contribution in [1.29, 1.82) is 0 Å². The van der Waals surface area contributed by atoms with Gasteiger partial charge in [-0.05, 0) is 13.0 Å². The van der Waals surface area contributed by atoms with Gasteiger partial charge in [0.25, 0.3) is 0 Å². The van der Waals surface area contributed by atoms with E-state index in [-0.39, 0.29) is 0 Å². The van der Waals surface area contributed by atoms with Crippen molar-refractivity contribution in [2.45, 2.75) is 27.2 Å². The fraction of sp³-hybridized carbons (Fsp3) is 0.882. The van der Waals surface area contributed by atoms with Gasteiger partial charge in [0.1, 0.15) is 6.61 Å². The van der Waals surface area contributed by atoms with Crippen LogP contribution in [0.5, 0.6) is 0 Å². The average Bonchev–Trinajstić information content (AvgIpc) is 2.50. The van der Waals surface area contributed by atoms with Gasteiger partial charge in [0.2, 0.25) is 0 Å². The van der Waals surface area contributed by atoms with Gasteiger partial charge in [-0.3, -0.25) is 0 Å². The van der Waals surface area contributed by atoms with E-state index in [9.17, 15) is 0 Å². The number of hydrogen-bond acceptors (Lipinski definition) is 5. The molecule has 1 N–H and O–H groups in total. The van der Waals surface area contributed by atoms with Gasteiger partial charge in [-0.15, -0.1) is 0 Å². The Hall–Kier alpha value is -0.640. The van der Waals surface area contributed by atoms with Gasteiger partial charge in [-0.1, -0.05) is 32.6 Å². The Morgan fingerprint density at radius 2 is 1.32 bits per heavy atom. The number of rotatable bonds is 15. The summed E-state index contributed by atoms with van der Waals surface area (Å²) in [7, 11) is 0. The smallest absolute Gasteiger partial charge is 0.107 e. The molecule has 0 radical (unpaired) electrons. The van der Waals surface area contributed by atoms with E-state index >= 15 is 0 Å². The Morgan fingerprint density at radius 1 is 0.773 bits per heavy atom. The van der Waals surface area contributed by atoms with Crippen LogP contribution in [0.15, 0.2) is 0 Å². The third-order valence-electron chi connectivity index (χ3n) is 2.53. The van der Waals surface area contributed by atoms with Gasteiger partial charge in [0, 0.05) is 12.5 Å². The highest BCUT2D eigenvalue weighted by atomic mass is 16.6. The Labute approximate surface area is 136 Å². The minimum atomic E-state index is 0.397. The third-order valence-corrected chi connectivity index (χ3v) is 2.53. The molecule has 0 amide bonds. The van der Waals surface area contributed by atoms with E-state index in [0.29, 0.717) is 52.2 Å². The predicted octanol–water partition coefficient (Wildman–Crippen LogP) is 1.71. The van der Waals surface area contributed by atoms with Gasteiger partial charge >= 0.3 is 0 Å². The minimum absolute atomic E-state index is 0.397. The highest BCUT2D eigenvalue weighted by Crippen LogP contribution is 1.86. The molecule has 5 nitrogen and oxygen atoms in total. The molecule has 22 heavy (non-hydrogen) atoms. The molecule has 0 saturated carbocycles. The second kappa shape index (κ2) is 18.4. The van der Waals surface area contributed by atoms with Crippen LogP contribution in [-0.4, -0.2) is 65.9 Å². The normalized spacial score (nSPS) is 10.7. The van der Waals surface area contributed by atoms with Gasteiger partial charge in [-0.2, -0.15) is 0 Å². The van der Waals surface area contributed by atoms with E-state index in [0.717, 1.165) is 26.1 Å². The Kier molecular flexibility index (Phi) is 17.9. The fourth-order valence-corrected chi connectivity index (χ4v) is 1.47. The van der Waals surface area contributed by atoms with Crippen LogP contribution in [0.4, 0.5) is 0 Å². The first-order chi connectivity index (χ1) is 10.8. The van der Waals surface area contributed by atoms with Crippen molar-refractivity contribution in [2.24, 2.45) is 5.92 Å². The van der Waals surface area contributed by atoms with Gasteiger partial charge in [-0.25, -0.2) is 0 Å². The molecule has 0 aromatic heterocycles. The number of ether oxygens (including phenoxy) is 4. The maximum absolute atomic E-state index is 5.42. The van der Waals surface area contributed by atoms with Gasteiger partial charge in [0.15, 0.2) is 0 Å². The fourth-order valence-electron chi connectivity index (χ4n) is 1.47. The highest BCUT2D eigenvalue weighted by molar-refractivity contribution is 5.01. The molecular formula is C17H33NO4. The van der Waals surface area contributed by atoms with Gasteiger partial charge < -0.3 is 24.3 Å². The van der Waals surface area contributed by atoms with E-state index in [4.69, 9.17) is 18.9 Å². The molecule has 0 saturated heterocycles. The molecule has 0 aliphatic heterocycles. The lowest BCUT2D eigenvalue weighted by molar-refractivity contribution is 0.00171. The lowest BCUT2D eigenvalue weighted by atomic mass is 10.2. The first-order valence-corrected chi connectivity index (χ1v) is 8.27. The third kappa shape index (κ3) is 19.4. The van der Waals surface area contributed by atoms with Crippen molar-refractivity contribution in [3.63, 3.8) is 0 Å². The average molecular weight is 315 g/mol. The summed E-state index contributed by atoms with van der Waals surface area (Å²) in [4.78, 5) is 0. The Balaban J connectivity index is 3.02. The van der Waals surface area contributed by atoms with E-state index in [1.807, 2.05) is 0 Å². The van der Waals surface area contributed by atoms with Crippen LogP contribution in [0.3, 0.4) is 0 Å². The van der Waals surface area contributed by atoms with Crippen LogP contribution in [0, 0.1) is 17.8 Å². The molecule has 0 spiro atoms. The highest BCUT2D eigenvalue weighted by Gasteiger charge is 1.92. The van der Waals surface area contributed by atoms with E-state index < -0.39 is 0 Å². The standard InChI is InChI=1S/C17H33NO4/c1-4-7-18-8-10-20-12-14-22-16-15-21-13-11-19-9-5-6-17(2)3/h17-18H,4,7-16H2,1-3H3. The zero-order valence-corrected chi connectivity index (χ0v) is 14.5.